The van der Waals surface area contributed by atoms with Gasteiger partial charge < -0.3 is 20.7 Å². The number of rotatable bonds is 5. The van der Waals surface area contributed by atoms with Crippen LogP contribution in [0.1, 0.15) is 25.5 Å². The summed E-state index contributed by atoms with van der Waals surface area (Å²) in [6, 6.07) is -0.601. The molecule has 0 aliphatic carbocycles. The van der Waals surface area contributed by atoms with Crippen molar-refractivity contribution >= 4 is 36.6 Å². The molecule has 144 valence electrons. The number of carbonyl (C=O) groups excluding carboxylic acids is 2. The van der Waals surface area contributed by atoms with Crippen molar-refractivity contribution in [2.75, 3.05) is 26.2 Å². The molecule has 8 nitrogen and oxygen atoms in total. The number of ether oxygens (including phenoxy) is 1. The fraction of sp³-hybridized carbons (Fsp3) is 0.667. The van der Waals surface area contributed by atoms with Gasteiger partial charge in [-0.05, 0) is 5.92 Å². The fourth-order valence-electron chi connectivity index (χ4n) is 2.38. The third kappa shape index (κ3) is 6.47. The standard InChI is InChI=1S/C15H25N5O3.2ClH/c1-10(2)14(16)15(22)17-7-13(21)20-4-5-23-12(9-20)11-6-18-19(3)8-11;;/h6,8,10,12,14H,4-5,7,9,16H2,1-3H3,(H,17,22);2*1H/t12?,14-;;/m0../s1. The van der Waals surface area contributed by atoms with Crippen molar-refractivity contribution in [2.45, 2.75) is 26.0 Å². The van der Waals surface area contributed by atoms with Crippen LogP contribution >= 0.6 is 24.8 Å². The molecule has 10 heteroatoms. The van der Waals surface area contributed by atoms with Crippen molar-refractivity contribution in [3.05, 3.63) is 18.0 Å². The molecule has 1 fully saturated rings. The van der Waals surface area contributed by atoms with Gasteiger partial charge in [0.2, 0.25) is 11.8 Å². The van der Waals surface area contributed by atoms with Crippen LogP contribution in [0.15, 0.2) is 12.4 Å². The molecule has 0 spiro atoms. The Kier molecular flexibility index (Phi) is 10.0. The van der Waals surface area contributed by atoms with E-state index in [1.165, 1.54) is 0 Å². The Hall–Kier alpha value is -1.35. The first kappa shape index (κ1) is 23.6. The molecule has 0 saturated carbocycles. The maximum Gasteiger partial charge on any atom is 0.242 e. The maximum atomic E-state index is 12.3. The Labute approximate surface area is 160 Å². The first-order valence-electron chi connectivity index (χ1n) is 7.79. The van der Waals surface area contributed by atoms with E-state index in [1.54, 1.807) is 15.8 Å². The number of hydrogen-bond acceptors (Lipinski definition) is 5. The van der Waals surface area contributed by atoms with Crippen LogP contribution in [0.5, 0.6) is 0 Å². The molecular formula is C15H27Cl2N5O3. The predicted molar refractivity (Wildman–Crippen MR) is 98.8 cm³/mol. The first-order chi connectivity index (χ1) is 10.9. The molecule has 3 N–H and O–H groups in total. The summed E-state index contributed by atoms with van der Waals surface area (Å²) in [6.45, 7) is 5.13. The van der Waals surface area contributed by atoms with Crippen molar-refractivity contribution < 1.29 is 14.3 Å². The van der Waals surface area contributed by atoms with Crippen LogP contribution in [-0.4, -0.2) is 58.8 Å². The van der Waals surface area contributed by atoms with Gasteiger partial charge in [-0.25, -0.2) is 0 Å². The van der Waals surface area contributed by atoms with E-state index in [0.29, 0.717) is 19.7 Å². The molecule has 1 aliphatic heterocycles. The number of halogens is 2. The summed E-state index contributed by atoms with van der Waals surface area (Å²) < 4.78 is 7.40. The summed E-state index contributed by atoms with van der Waals surface area (Å²) >= 11 is 0. The van der Waals surface area contributed by atoms with Crippen LogP contribution in [0.4, 0.5) is 0 Å². The zero-order valence-corrected chi connectivity index (χ0v) is 16.3. The van der Waals surface area contributed by atoms with E-state index in [4.69, 9.17) is 10.5 Å². The Balaban J connectivity index is 0.00000288. The number of aromatic nitrogens is 2. The van der Waals surface area contributed by atoms with Gasteiger partial charge in [-0.3, -0.25) is 14.3 Å². The molecule has 2 amide bonds. The van der Waals surface area contributed by atoms with Crippen molar-refractivity contribution in [3.8, 4) is 0 Å². The van der Waals surface area contributed by atoms with E-state index in [0.717, 1.165) is 5.56 Å². The molecule has 1 aromatic rings. The molecule has 2 rings (SSSR count). The minimum atomic E-state index is -0.601. The van der Waals surface area contributed by atoms with Gasteiger partial charge in [0.25, 0.3) is 0 Å². The molecular weight excluding hydrogens is 369 g/mol. The zero-order chi connectivity index (χ0) is 17.0. The van der Waals surface area contributed by atoms with Gasteiger partial charge in [-0.1, -0.05) is 13.8 Å². The number of aryl methyl sites for hydroxylation is 1. The molecule has 1 aliphatic rings. The summed E-state index contributed by atoms with van der Waals surface area (Å²) in [5.41, 5.74) is 6.70. The first-order valence-corrected chi connectivity index (χ1v) is 7.79. The van der Waals surface area contributed by atoms with E-state index in [9.17, 15) is 9.59 Å². The Bertz CT molecular complexity index is 567. The highest BCUT2D eigenvalue weighted by atomic mass is 35.5. The number of carbonyl (C=O) groups is 2. The number of nitrogens with one attached hydrogen (secondary N) is 1. The highest BCUT2D eigenvalue weighted by Gasteiger charge is 2.27. The van der Waals surface area contributed by atoms with Gasteiger partial charge in [0.15, 0.2) is 0 Å². The van der Waals surface area contributed by atoms with Crippen LogP contribution in [0.2, 0.25) is 0 Å². The monoisotopic (exact) mass is 395 g/mol. The van der Waals surface area contributed by atoms with Gasteiger partial charge in [0, 0.05) is 25.4 Å². The van der Waals surface area contributed by atoms with Crippen LogP contribution < -0.4 is 11.1 Å². The summed E-state index contributed by atoms with van der Waals surface area (Å²) in [4.78, 5) is 25.8. The minimum absolute atomic E-state index is 0. The largest absolute Gasteiger partial charge is 0.370 e. The summed E-state index contributed by atoms with van der Waals surface area (Å²) in [6.07, 6.45) is 3.43. The minimum Gasteiger partial charge on any atom is -0.370 e. The lowest BCUT2D eigenvalue weighted by Gasteiger charge is -2.32. The number of hydrogen-bond donors (Lipinski definition) is 2. The molecule has 25 heavy (non-hydrogen) atoms. The summed E-state index contributed by atoms with van der Waals surface area (Å²) in [5, 5.41) is 6.73. The SMILES string of the molecule is CC(C)[C@H](N)C(=O)NCC(=O)N1CCOC(c2cnn(C)c2)C1.Cl.Cl. The second kappa shape index (κ2) is 10.6. The molecule has 0 aromatic carbocycles. The normalized spacial score (nSPS) is 18.1. The van der Waals surface area contributed by atoms with Crippen molar-refractivity contribution in [3.63, 3.8) is 0 Å². The molecule has 2 heterocycles. The van der Waals surface area contributed by atoms with E-state index in [2.05, 4.69) is 10.4 Å². The third-order valence-electron chi connectivity index (χ3n) is 3.95. The number of nitrogens with two attached hydrogens (primary N) is 1. The summed E-state index contributed by atoms with van der Waals surface area (Å²) in [7, 11) is 1.84. The van der Waals surface area contributed by atoms with E-state index >= 15 is 0 Å². The van der Waals surface area contributed by atoms with Crippen LogP contribution in [0.25, 0.3) is 0 Å². The molecule has 0 radical (unpaired) electrons. The number of morpholine rings is 1. The Morgan fingerprint density at radius 1 is 1.44 bits per heavy atom. The lowest BCUT2D eigenvalue weighted by atomic mass is 10.1. The summed E-state index contributed by atoms with van der Waals surface area (Å²) in [5.74, 6) is -0.402. The van der Waals surface area contributed by atoms with Crippen LogP contribution in [0.3, 0.4) is 0 Å². The molecule has 2 atom stereocenters. The van der Waals surface area contributed by atoms with Crippen molar-refractivity contribution in [2.24, 2.45) is 18.7 Å². The molecule has 1 aromatic heterocycles. The smallest absolute Gasteiger partial charge is 0.242 e. The van der Waals surface area contributed by atoms with Crippen LogP contribution in [-0.2, 0) is 21.4 Å². The number of nitrogens with zero attached hydrogens (tertiary/aromatic N) is 3. The van der Waals surface area contributed by atoms with E-state index in [1.807, 2.05) is 27.1 Å². The highest BCUT2D eigenvalue weighted by Crippen LogP contribution is 2.21. The second-order valence-electron chi connectivity index (χ2n) is 6.13. The van der Waals surface area contributed by atoms with Gasteiger partial charge in [0.05, 0.1) is 31.9 Å². The molecule has 1 saturated heterocycles. The maximum absolute atomic E-state index is 12.3. The molecule has 1 unspecified atom stereocenters. The van der Waals surface area contributed by atoms with Crippen LogP contribution in [0, 0.1) is 5.92 Å². The van der Waals surface area contributed by atoms with Gasteiger partial charge >= 0.3 is 0 Å². The van der Waals surface area contributed by atoms with Gasteiger partial charge in [0.1, 0.15) is 6.10 Å². The van der Waals surface area contributed by atoms with Gasteiger partial charge in [-0.15, -0.1) is 24.8 Å². The highest BCUT2D eigenvalue weighted by molar-refractivity contribution is 5.87. The predicted octanol–water partition coefficient (Wildman–Crippen LogP) is 0.263. The average molecular weight is 396 g/mol. The number of amides is 2. The van der Waals surface area contributed by atoms with E-state index in [-0.39, 0.29) is 55.2 Å². The van der Waals surface area contributed by atoms with Gasteiger partial charge in [-0.2, -0.15) is 5.10 Å². The second-order valence-corrected chi connectivity index (χ2v) is 6.13. The Morgan fingerprint density at radius 2 is 2.12 bits per heavy atom. The van der Waals surface area contributed by atoms with E-state index < -0.39 is 6.04 Å². The average Bonchev–Trinajstić information content (AvgIpc) is 2.98. The lowest BCUT2D eigenvalue weighted by Crippen LogP contribution is -2.50. The zero-order valence-electron chi connectivity index (χ0n) is 14.7. The third-order valence-corrected chi connectivity index (χ3v) is 3.95. The fourth-order valence-corrected chi connectivity index (χ4v) is 2.38. The van der Waals surface area contributed by atoms with Crippen molar-refractivity contribution in [1.82, 2.24) is 20.0 Å². The lowest BCUT2D eigenvalue weighted by molar-refractivity contribution is -0.139. The topological polar surface area (TPSA) is 102 Å². The molecule has 0 bridgehead atoms. The van der Waals surface area contributed by atoms with Crippen molar-refractivity contribution in [1.29, 1.82) is 0 Å². The quantitative estimate of drug-likeness (QED) is 0.744. The Morgan fingerprint density at radius 3 is 2.68 bits per heavy atom.